The number of aliphatic hydroxyl groups is 1. The molecule has 0 spiro atoms. The average Bonchev–Trinajstić information content (AvgIpc) is 2.92. The van der Waals surface area contributed by atoms with E-state index in [1.807, 2.05) is 0 Å². The quantitative estimate of drug-likeness (QED) is 0.817. The zero-order chi connectivity index (χ0) is 18.9. The molecular formula is C22H27N3O2. The normalized spacial score (nSPS) is 17.0. The highest BCUT2D eigenvalue weighted by molar-refractivity contribution is 5.34. The topological polar surface area (TPSA) is 59.7 Å². The monoisotopic (exact) mass is 365 g/mol. The van der Waals surface area contributed by atoms with Gasteiger partial charge in [-0.3, -0.25) is 9.80 Å². The van der Waals surface area contributed by atoms with E-state index in [-0.39, 0.29) is 6.61 Å². The molecule has 0 amide bonds. The summed E-state index contributed by atoms with van der Waals surface area (Å²) in [6.07, 6.45) is 0.581. The largest absolute Gasteiger partial charge is 0.491 e. The zero-order valence-corrected chi connectivity index (χ0v) is 15.6. The Labute approximate surface area is 161 Å². The first-order valence-corrected chi connectivity index (χ1v) is 9.52. The van der Waals surface area contributed by atoms with Gasteiger partial charge in [0.1, 0.15) is 18.5 Å². The highest BCUT2D eigenvalue weighted by Crippen LogP contribution is 2.13. The number of ether oxygens (including phenoxy) is 1. The minimum Gasteiger partial charge on any atom is -0.491 e. The van der Waals surface area contributed by atoms with Crippen molar-refractivity contribution >= 4 is 0 Å². The number of nitrogens with zero attached hydrogens (tertiary/aromatic N) is 3. The lowest BCUT2D eigenvalue weighted by atomic mass is 10.2. The van der Waals surface area contributed by atoms with Gasteiger partial charge in [0, 0.05) is 26.2 Å². The van der Waals surface area contributed by atoms with Crippen molar-refractivity contribution in [2.75, 3.05) is 39.3 Å². The van der Waals surface area contributed by atoms with E-state index in [4.69, 9.17) is 10.00 Å². The Kier molecular flexibility index (Phi) is 7.23. The van der Waals surface area contributed by atoms with E-state index >= 15 is 0 Å². The predicted molar refractivity (Wildman–Crippen MR) is 105 cm³/mol. The number of hydrogen-bond donors (Lipinski definition) is 1. The number of benzene rings is 2. The SMILES string of the molecule is N#Cc1ccc(OCC(O)CN2CCCN(Cc3ccccc3)CC2)cc1. The van der Waals surface area contributed by atoms with Gasteiger partial charge in [-0.25, -0.2) is 0 Å². The fourth-order valence-electron chi connectivity index (χ4n) is 3.38. The summed E-state index contributed by atoms with van der Waals surface area (Å²) in [5.74, 6) is 0.679. The lowest BCUT2D eigenvalue weighted by Crippen LogP contribution is -2.38. The summed E-state index contributed by atoms with van der Waals surface area (Å²) in [6, 6.07) is 19.6. The number of aliphatic hydroxyl groups excluding tert-OH is 1. The van der Waals surface area contributed by atoms with Gasteiger partial charge in [0.05, 0.1) is 11.6 Å². The fraction of sp³-hybridized carbons (Fsp3) is 0.409. The summed E-state index contributed by atoms with van der Waals surface area (Å²) in [4.78, 5) is 4.80. The molecule has 5 heteroatoms. The first kappa shape index (κ1) is 19.4. The summed E-state index contributed by atoms with van der Waals surface area (Å²) in [5, 5.41) is 19.1. The molecule has 1 aliphatic rings. The third-order valence-corrected chi connectivity index (χ3v) is 4.82. The van der Waals surface area contributed by atoms with Crippen LogP contribution in [0.1, 0.15) is 17.5 Å². The van der Waals surface area contributed by atoms with Crippen LogP contribution < -0.4 is 4.74 Å². The van der Waals surface area contributed by atoms with E-state index in [1.54, 1.807) is 24.3 Å². The Morgan fingerprint density at radius 1 is 0.963 bits per heavy atom. The van der Waals surface area contributed by atoms with Gasteiger partial charge in [-0.15, -0.1) is 0 Å². The molecule has 1 unspecified atom stereocenters. The van der Waals surface area contributed by atoms with Crippen LogP contribution in [-0.2, 0) is 6.54 Å². The molecule has 27 heavy (non-hydrogen) atoms. The van der Waals surface area contributed by atoms with Crippen molar-refractivity contribution in [1.29, 1.82) is 5.26 Å². The molecule has 1 aliphatic heterocycles. The van der Waals surface area contributed by atoms with Crippen LogP contribution >= 0.6 is 0 Å². The molecule has 3 rings (SSSR count). The van der Waals surface area contributed by atoms with Crippen LogP contribution in [0, 0.1) is 11.3 Å². The molecule has 2 aromatic carbocycles. The van der Waals surface area contributed by atoms with Crippen molar-refractivity contribution in [1.82, 2.24) is 9.80 Å². The molecule has 142 valence electrons. The molecule has 0 saturated carbocycles. The predicted octanol–water partition coefficient (Wildman–Crippen LogP) is 2.51. The molecule has 1 fully saturated rings. The lowest BCUT2D eigenvalue weighted by molar-refractivity contribution is 0.0693. The van der Waals surface area contributed by atoms with Gasteiger partial charge in [-0.05, 0) is 49.3 Å². The molecule has 1 heterocycles. The summed E-state index contributed by atoms with van der Waals surface area (Å²) >= 11 is 0. The van der Waals surface area contributed by atoms with Crippen molar-refractivity contribution < 1.29 is 9.84 Å². The minimum atomic E-state index is -0.527. The Balaban J connectivity index is 1.40. The second-order valence-electron chi connectivity index (χ2n) is 7.02. The number of nitriles is 1. The highest BCUT2D eigenvalue weighted by Gasteiger charge is 2.18. The molecule has 0 aromatic heterocycles. The Bertz CT molecular complexity index is 727. The Morgan fingerprint density at radius 3 is 2.41 bits per heavy atom. The van der Waals surface area contributed by atoms with Crippen molar-refractivity contribution in [3.05, 3.63) is 65.7 Å². The number of rotatable bonds is 7. The standard InChI is InChI=1S/C22H27N3O2/c23-15-19-7-9-22(10-8-19)27-18-21(26)17-25-12-4-11-24(13-14-25)16-20-5-2-1-3-6-20/h1-3,5-10,21,26H,4,11-14,16-18H2. The van der Waals surface area contributed by atoms with Gasteiger partial charge in [0.25, 0.3) is 0 Å². The molecule has 0 radical (unpaired) electrons. The van der Waals surface area contributed by atoms with Gasteiger partial charge in [-0.1, -0.05) is 30.3 Å². The molecule has 0 bridgehead atoms. The maximum Gasteiger partial charge on any atom is 0.119 e. The fourth-order valence-corrected chi connectivity index (χ4v) is 3.38. The summed E-state index contributed by atoms with van der Waals surface area (Å²) in [6.45, 7) is 5.92. The minimum absolute atomic E-state index is 0.260. The van der Waals surface area contributed by atoms with Gasteiger partial charge < -0.3 is 9.84 Å². The van der Waals surface area contributed by atoms with Gasteiger partial charge in [0.15, 0.2) is 0 Å². The second kappa shape index (κ2) is 10.1. The molecular weight excluding hydrogens is 338 g/mol. The zero-order valence-electron chi connectivity index (χ0n) is 15.6. The van der Waals surface area contributed by atoms with Crippen molar-refractivity contribution in [3.63, 3.8) is 0 Å². The van der Waals surface area contributed by atoms with E-state index in [1.165, 1.54) is 5.56 Å². The number of β-amino-alcohol motifs (C(OH)–C–C–N with tert-alkyl or cyclic N) is 1. The van der Waals surface area contributed by atoms with E-state index < -0.39 is 6.10 Å². The van der Waals surface area contributed by atoms with Gasteiger partial charge in [-0.2, -0.15) is 5.26 Å². The van der Waals surface area contributed by atoms with E-state index in [2.05, 4.69) is 46.2 Å². The van der Waals surface area contributed by atoms with Crippen LogP contribution in [0.15, 0.2) is 54.6 Å². The van der Waals surface area contributed by atoms with Crippen LogP contribution in [-0.4, -0.2) is 60.3 Å². The van der Waals surface area contributed by atoms with E-state index in [0.29, 0.717) is 17.9 Å². The van der Waals surface area contributed by atoms with Gasteiger partial charge in [0.2, 0.25) is 0 Å². The average molecular weight is 365 g/mol. The van der Waals surface area contributed by atoms with Crippen molar-refractivity contribution in [3.8, 4) is 11.8 Å². The molecule has 1 saturated heterocycles. The Hall–Kier alpha value is -2.39. The van der Waals surface area contributed by atoms with Crippen LogP contribution in [0.4, 0.5) is 0 Å². The van der Waals surface area contributed by atoms with E-state index in [0.717, 1.165) is 39.1 Å². The van der Waals surface area contributed by atoms with Crippen molar-refractivity contribution in [2.24, 2.45) is 0 Å². The third-order valence-electron chi connectivity index (χ3n) is 4.82. The maximum atomic E-state index is 10.3. The van der Waals surface area contributed by atoms with Crippen LogP contribution in [0.3, 0.4) is 0 Å². The van der Waals surface area contributed by atoms with E-state index in [9.17, 15) is 5.11 Å². The molecule has 2 aromatic rings. The smallest absolute Gasteiger partial charge is 0.119 e. The highest BCUT2D eigenvalue weighted by atomic mass is 16.5. The summed E-state index contributed by atoms with van der Waals surface area (Å²) < 4.78 is 5.64. The second-order valence-corrected chi connectivity index (χ2v) is 7.02. The lowest BCUT2D eigenvalue weighted by Gasteiger charge is -2.24. The summed E-state index contributed by atoms with van der Waals surface area (Å²) in [5.41, 5.74) is 1.95. The van der Waals surface area contributed by atoms with Crippen LogP contribution in [0.2, 0.25) is 0 Å². The first-order chi connectivity index (χ1) is 13.2. The summed E-state index contributed by atoms with van der Waals surface area (Å²) in [7, 11) is 0. The van der Waals surface area contributed by atoms with Gasteiger partial charge >= 0.3 is 0 Å². The first-order valence-electron chi connectivity index (χ1n) is 9.52. The molecule has 1 N–H and O–H groups in total. The molecule has 0 aliphatic carbocycles. The molecule has 5 nitrogen and oxygen atoms in total. The van der Waals surface area contributed by atoms with Crippen LogP contribution in [0.5, 0.6) is 5.75 Å². The molecule has 1 atom stereocenters. The third kappa shape index (κ3) is 6.37. The maximum absolute atomic E-state index is 10.3. The number of hydrogen-bond acceptors (Lipinski definition) is 5. The van der Waals surface area contributed by atoms with Crippen LogP contribution in [0.25, 0.3) is 0 Å². The Morgan fingerprint density at radius 2 is 1.67 bits per heavy atom. The van der Waals surface area contributed by atoms with Crippen molar-refractivity contribution in [2.45, 2.75) is 19.1 Å².